The minimum absolute atomic E-state index is 0.384. The van der Waals surface area contributed by atoms with Gasteiger partial charge in [-0.2, -0.15) is 0 Å². The molecule has 0 aromatic heterocycles. The maximum absolute atomic E-state index is 11.3. The highest BCUT2D eigenvalue weighted by Gasteiger charge is 2.37. The second-order valence-electron chi connectivity index (χ2n) is 3.86. The molecule has 1 aromatic rings. The molecule has 5 nitrogen and oxygen atoms in total. The molecule has 1 aromatic carbocycles. The van der Waals surface area contributed by atoms with Gasteiger partial charge in [-0.1, -0.05) is 0 Å². The van der Waals surface area contributed by atoms with Crippen LogP contribution in [0.15, 0.2) is 18.2 Å². The molecule has 0 saturated carbocycles. The van der Waals surface area contributed by atoms with Gasteiger partial charge < -0.3 is 19.7 Å². The molecule has 17 heavy (non-hydrogen) atoms. The standard InChI is InChI=1S/C12H16O5/c1-12(7-13,11(14)15)9-6-8(16-2)4-5-10(9)17-3/h4-6,13H,7H2,1-3H3,(H,14,15). The largest absolute Gasteiger partial charge is 0.497 e. The summed E-state index contributed by atoms with van der Waals surface area (Å²) in [5.74, 6) is -0.196. The molecule has 0 fully saturated rings. The first-order chi connectivity index (χ1) is 7.99. The Bertz CT molecular complexity index is 415. The molecule has 0 bridgehead atoms. The van der Waals surface area contributed by atoms with Crippen LogP contribution in [0.5, 0.6) is 11.5 Å². The Labute approximate surface area is 99.6 Å². The van der Waals surface area contributed by atoms with E-state index in [1.165, 1.54) is 21.1 Å². The van der Waals surface area contributed by atoms with E-state index in [0.29, 0.717) is 17.1 Å². The maximum atomic E-state index is 11.3. The van der Waals surface area contributed by atoms with Gasteiger partial charge in [-0.05, 0) is 25.1 Å². The van der Waals surface area contributed by atoms with Crippen LogP contribution in [0.25, 0.3) is 0 Å². The minimum atomic E-state index is -1.42. The van der Waals surface area contributed by atoms with Crippen LogP contribution in [0.3, 0.4) is 0 Å². The van der Waals surface area contributed by atoms with Crippen molar-refractivity contribution in [1.29, 1.82) is 0 Å². The Kier molecular flexibility index (Phi) is 3.96. The number of aliphatic hydroxyl groups is 1. The van der Waals surface area contributed by atoms with Crippen molar-refractivity contribution in [3.05, 3.63) is 23.8 Å². The molecule has 0 aliphatic carbocycles. The summed E-state index contributed by atoms with van der Waals surface area (Å²) in [6.45, 7) is 0.915. The molecule has 0 aliphatic heterocycles. The molecule has 0 aliphatic rings. The first kappa shape index (κ1) is 13.3. The average Bonchev–Trinajstić information content (AvgIpc) is 2.36. The van der Waals surface area contributed by atoms with Gasteiger partial charge in [-0.15, -0.1) is 0 Å². The number of methoxy groups -OCH3 is 2. The van der Waals surface area contributed by atoms with Crippen molar-refractivity contribution < 1.29 is 24.5 Å². The zero-order valence-corrected chi connectivity index (χ0v) is 10.1. The van der Waals surface area contributed by atoms with Crippen molar-refractivity contribution in [2.45, 2.75) is 12.3 Å². The number of hydrogen-bond acceptors (Lipinski definition) is 4. The predicted octanol–water partition coefficient (Wildman–Crippen LogP) is 1.04. The SMILES string of the molecule is COc1ccc(OC)c(C(C)(CO)C(=O)O)c1. The van der Waals surface area contributed by atoms with E-state index in [2.05, 4.69) is 0 Å². The van der Waals surface area contributed by atoms with E-state index in [1.54, 1.807) is 18.2 Å². The number of aliphatic carboxylic acids is 1. The van der Waals surface area contributed by atoms with E-state index in [0.717, 1.165) is 0 Å². The van der Waals surface area contributed by atoms with Crippen molar-refractivity contribution >= 4 is 5.97 Å². The quantitative estimate of drug-likeness (QED) is 0.804. The molecule has 5 heteroatoms. The lowest BCUT2D eigenvalue weighted by Crippen LogP contribution is -2.36. The van der Waals surface area contributed by atoms with Gasteiger partial charge in [-0.25, -0.2) is 0 Å². The van der Waals surface area contributed by atoms with Gasteiger partial charge in [0.05, 0.1) is 20.8 Å². The summed E-state index contributed by atoms with van der Waals surface area (Å²) in [6.07, 6.45) is 0. The molecule has 0 spiro atoms. The zero-order chi connectivity index (χ0) is 13.1. The van der Waals surface area contributed by atoms with Gasteiger partial charge in [0.15, 0.2) is 0 Å². The average molecular weight is 240 g/mol. The van der Waals surface area contributed by atoms with Crippen LogP contribution in [0, 0.1) is 0 Å². The van der Waals surface area contributed by atoms with E-state index in [1.807, 2.05) is 0 Å². The van der Waals surface area contributed by atoms with Crippen LogP contribution in [-0.4, -0.2) is 37.0 Å². The molecule has 1 rings (SSSR count). The summed E-state index contributed by atoms with van der Waals surface area (Å²) in [5, 5.41) is 18.5. The fraction of sp³-hybridized carbons (Fsp3) is 0.417. The Morgan fingerprint density at radius 3 is 2.41 bits per heavy atom. The molecular weight excluding hydrogens is 224 g/mol. The van der Waals surface area contributed by atoms with E-state index < -0.39 is 18.0 Å². The van der Waals surface area contributed by atoms with Crippen molar-refractivity contribution in [2.75, 3.05) is 20.8 Å². The first-order valence-corrected chi connectivity index (χ1v) is 5.06. The van der Waals surface area contributed by atoms with Crippen molar-refractivity contribution in [3.8, 4) is 11.5 Å². The number of rotatable bonds is 5. The third kappa shape index (κ3) is 2.34. The molecule has 94 valence electrons. The van der Waals surface area contributed by atoms with Crippen molar-refractivity contribution in [2.24, 2.45) is 0 Å². The number of carbonyl (C=O) groups is 1. The lowest BCUT2D eigenvalue weighted by molar-refractivity contribution is -0.144. The van der Waals surface area contributed by atoms with E-state index in [-0.39, 0.29) is 0 Å². The topological polar surface area (TPSA) is 76.0 Å². The normalized spacial score (nSPS) is 13.9. The van der Waals surface area contributed by atoms with Crippen molar-refractivity contribution in [3.63, 3.8) is 0 Å². The van der Waals surface area contributed by atoms with Crippen LogP contribution in [0.4, 0.5) is 0 Å². The van der Waals surface area contributed by atoms with Gasteiger partial charge in [0.1, 0.15) is 16.9 Å². The number of benzene rings is 1. The Hall–Kier alpha value is -1.75. The Morgan fingerprint density at radius 2 is 2.00 bits per heavy atom. The van der Waals surface area contributed by atoms with Gasteiger partial charge in [-0.3, -0.25) is 4.79 Å². The van der Waals surface area contributed by atoms with Crippen molar-refractivity contribution in [1.82, 2.24) is 0 Å². The first-order valence-electron chi connectivity index (χ1n) is 5.06. The zero-order valence-electron chi connectivity index (χ0n) is 10.1. The second-order valence-corrected chi connectivity index (χ2v) is 3.86. The number of carboxylic acid groups (broad SMARTS) is 1. The number of aliphatic hydroxyl groups excluding tert-OH is 1. The lowest BCUT2D eigenvalue weighted by atomic mass is 9.82. The lowest BCUT2D eigenvalue weighted by Gasteiger charge is -2.25. The summed E-state index contributed by atoms with van der Waals surface area (Å²) in [5.41, 5.74) is -1.03. The van der Waals surface area contributed by atoms with Gasteiger partial charge in [0.25, 0.3) is 0 Å². The van der Waals surface area contributed by atoms with Gasteiger partial charge in [0, 0.05) is 5.56 Å². The summed E-state index contributed by atoms with van der Waals surface area (Å²) in [7, 11) is 2.94. The van der Waals surface area contributed by atoms with Crippen LogP contribution >= 0.6 is 0 Å². The van der Waals surface area contributed by atoms with Crippen LogP contribution in [0.1, 0.15) is 12.5 Å². The number of hydrogen-bond donors (Lipinski definition) is 2. The molecule has 1 unspecified atom stereocenters. The van der Waals surface area contributed by atoms with E-state index in [4.69, 9.17) is 9.47 Å². The molecule has 1 atom stereocenters. The third-order valence-electron chi connectivity index (χ3n) is 2.79. The molecule has 0 saturated heterocycles. The molecule has 2 N–H and O–H groups in total. The summed E-state index contributed by atoms with van der Waals surface area (Å²) < 4.78 is 10.2. The fourth-order valence-corrected chi connectivity index (χ4v) is 1.51. The maximum Gasteiger partial charge on any atom is 0.316 e. The summed E-state index contributed by atoms with van der Waals surface area (Å²) in [4.78, 5) is 11.3. The molecule has 0 radical (unpaired) electrons. The minimum Gasteiger partial charge on any atom is -0.497 e. The van der Waals surface area contributed by atoms with E-state index in [9.17, 15) is 15.0 Å². The second kappa shape index (κ2) is 5.05. The Morgan fingerprint density at radius 1 is 1.35 bits per heavy atom. The van der Waals surface area contributed by atoms with Gasteiger partial charge >= 0.3 is 5.97 Å². The monoisotopic (exact) mass is 240 g/mol. The molecular formula is C12H16O5. The fourth-order valence-electron chi connectivity index (χ4n) is 1.51. The summed E-state index contributed by atoms with van der Waals surface area (Å²) >= 11 is 0. The highest BCUT2D eigenvalue weighted by Crippen LogP contribution is 2.34. The molecule has 0 amide bonds. The van der Waals surface area contributed by atoms with E-state index >= 15 is 0 Å². The third-order valence-corrected chi connectivity index (χ3v) is 2.79. The van der Waals surface area contributed by atoms with Crippen LogP contribution in [0.2, 0.25) is 0 Å². The van der Waals surface area contributed by atoms with Gasteiger partial charge in [0.2, 0.25) is 0 Å². The number of ether oxygens (including phenoxy) is 2. The van der Waals surface area contributed by atoms with Crippen LogP contribution in [-0.2, 0) is 10.2 Å². The highest BCUT2D eigenvalue weighted by atomic mass is 16.5. The number of carboxylic acids is 1. The van der Waals surface area contributed by atoms with Crippen LogP contribution < -0.4 is 9.47 Å². The summed E-state index contributed by atoms with van der Waals surface area (Å²) in [6, 6.07) is 4.84. The smallest absolute Gasteiger partial charge is 0.316 e. The highest BCUT2D eigenvalue weighted by molar-refractivity contribution is 5.82. The predicted molar refractivity (Wildman–Crippen MR) is 61.6 cm³/mol. The Balaban J connectivity index is 3.39. The molecule has 0 heterocycles.